The van der Waals surface area contributed by atoms with E-state index in [1.54, 1.807) is 37.4 Å². The standard InChI is InChI=1S/C16H17N3O3/c1-4-7-17-10(2)12-9-13(19-16(21)18-12)11-5-6-14(20)15(8-11)22-3/h4-9,20H,1-3H3,(H,18,19,21)/b7-4-,17-10?. The Morgan fingerprint density at radius 3 is 2.86 bits per heavy atom. The average molecular weight is 299 g/mol. The van der Waals surface area contributed by atoms with Gasteiger partial charge in [0.25, 0.3) is 0 Å². The third-order valence-corrected chi connectivity index (χ3v) is 3.03. The van der Waals surface area contributed by atoms with Crippen molar-refractivity contribution in [3.05, 3.63) is 52.7 Å². The van der Waals surface area contributed by atoms with Gasteiger partial charge in [-0.2, -0.15) is 4.98 Å². The number of phenols is 1. The van der Waals surface area contributed by atoms with Crippen LogP contribution in [0.1, 0.15) is 19.5 Å². The van der Waals surface area contributed by atoms with Crippen molar-refractivity contribution in [1.82, 2.24) is 9.97 Å². The van der Waals surface area contributed by atoms with Gasteiger partial charge in [0.2, 0.25) is 0 Å². The van der Waals surface area contributed by atoms with E-state index in [1.165, 1.54) is 13.2 Å². The second-order valence-corrected chi connectivity index (χ2v) is 4.57. The summed E-state index contributed by atoms with van der Waals surface area (Å²) in [7, 11) is 1.46. The third kappa shape index (κ3) is 3.41. The molecule has 6 heteroatoms. The van der Waals surface area contributed by atoms with Crippen molar-refractivity contribution in [1.29, 1.82) is 0 Å². The first-order chi connectivity index (χ1) is 10.5. The van der Waals surface area contributed by atoms with E-state index in [2.05, 4.69) is 15.0 Å². The Kier molecular flexibility index (Phi) is 4.73. The second-order valence-electron chi connectivity index (χ2n) is 4.57. The molecule has 114 valence electrons. The summed E-state index contributed by atoms with van der Waals surface area (Å²) in [5.74, 6) is 0.350. The zero-order valence-corrected chi connectivity index (χ0v) is 12.6. The van der Waals surface area contributed by atoms with Crippen LogP contribution in [-0.4, -0.2) is 27.9 Å². The quantitative estimate of drug-likeness (QED) is 0.849. The summed E-state index contributed by atoms with van der Waals surface area (Å²) in [5.41, 5.74) is 1.94. The van der Waals surface area contributed by atoms with Gasteiger partial charge in [0.05, 0.1) is 24.2 Å². The van der Waals surface area contributed by atoms with Gasteiger partial charge in [0.1, 0.15) is 0 Å². The lowest BCUT2D eigenvalue weighted by Gasteiger charge is -2.07. The summed E-state index contributed by atoms with van der Waals surface area (Å²) in [6, 6.07) is 6.52. The highest BCUT2D eigenvalue weighted by Crippen LogP contribution is 2.30. The average Bonchev–Trinajstić information content (AvgIpc) is 2.52. The highest BCUT2D eigenvalue weighted by Gasteiger charge is 2.09. The zero-order chi connectivity index (χ0) is 16.1. The van der Waals surface area contributed by atoms with Gasteiger partial charge in [0, 0.05) is 11.8 Å². The van der Waals surface area contributed by atoms with E-state index in [-0.39, 0.29) is 5.75 Å². The number of aromatic amines is 1. The van der Waals surface area contributed by atoms with Crippen LogP contribution in [0.2, 0.25) is 0 Å². The first-order valence-electron chi connectivity index (χ1n) is 6.70. The fraction of sp³-hybridized carbons (Fsp3) is 0.188. The number of hydrogen-bond acceptors (Lipinski definition) is 5. The number of aromatic nitrogens is 2. The number of aromatic hydroxyl groups is 1. The fourth-order valence-corrected chi connectivity index (χ4v) is 1.89. The van der Waals surface area contributed by atoms with Gasteiger partial charge in [-0.1, -0.05) is 6.08 Å². The maximum atomic E-state index is 11.8. The number of rotatable bonds is 4. The molecular weight excluding hydrogens is 282 g/mol. The van der Waals surface area contributed by atoms with Gasteiger partial charge in [0.15, 0.2) is 11.5 Å². The van der Waals surface area contributed by atoms with Gasteiger partial charge < -0.3 is 14.8 Å². The molecule has 0 atom stereocenters. The van der Waals surface area contributed by atoms with Crippen molar-refractivity contribution >= 4 is 5.71 Å². The first kappa shape index (κ1) is 15.5. The molecule has 6 nitrogen and oxygen atoms in total. The van der Waals surface area contributed by atoms with Crippen molar-refractivity contribution in [3.8, 4) is 22.8 Å². The number of nitrogens with zero attached hydrogens (tertiary/aromatic N) is 2. The lowest BCUT2D eigenvalue weighted by Crippen LogP contribution is -2.15. The summed E-state index contributed by atoms with van der Waals surface area (Å²) >= 11 is 0. The van der Waals surface area contributed by atoms with Crippen molar-refractivity contribution in [2.24, 2.45) is 4.99 Å². The van der Waals surface area contributed by atoms with Crippen molar-refractivity contribution in [2.45, 2.75) is 13.8 Å². The topological polar surface area (TPSA) is 87.6 Å². The number of methoxy groups -OCH3 is 1. The van der Waals surface area contributed by atoms with Crippen LogP contribution in [0.4, 0.5) is 0 Å². The SMILES string of the molecule is C/C=C\N=C(C)c1cc(-c2ccc(O)c(OC)c2)nc(=O)[nH]1. The van der Waals surface area contributed by atoms with Crippen molar-refractivity contribution in [3.63, 3.8) is 0 Å². The number of H-pyrrole nitrogens is 1. The summed E-state index contributed by atoms with van der Waals surface area (Å²) < 4.78 is 5.07. The number of hydrogen-bond donors (Lipinski definition) is 2. The van der Waals surface area contributed by atoms with Gasteiger partial charge in [-0.25, -0.2) is 4.79 Å². The maximum Gasteiger partial charge on any atom is 0.345 e. The Morgan fingerprint density at radius 1 is 1.41 bits per heavy atom. The van der Waals surface area contributed by atoms with Gasteiger partial charge in [-0.05, 0) is 38.1 Å². The Morgan fingerprint density at radius 2 is 2.18 bits per heavy atom. The summed E-state index contributed by atoms with van der Waals surface area (Å²) in [5, 5.41) is 9.64. The Balaban J connectivity index is 2.53. The van der Waals surface area contributed by atoms with Crippen LogP contribution in [0, 0.1) is 0 Å². The van der Waals surface area contributed by atoms with Crippen LogP contribution >= 0.6 is 0 Å². The molecule has 2 rings (SSSR count). The van der Waals surface area contributed by atoms with E-state index in [1.807, 2.05) is 6.92 Å². The van der Waals surface area contributed by atoms with Gasteiger partial charge in [-0.15, -0.1) is 0 Å². The minimum Gasteiger partial charge on any atom is -0.504 e. The molecule has 0 aliphatic carbocycles. The number of ether oxygens (including phenoxy) is 1. The maximum absolute atomic E-state index is 11.8. The lowest BCUT2D eigenvalue weighted by molar-refractivity contribution is 0.373. The van der Waals surface area contributed by atoms with Crippen LogP contribution < -0.4 is 10.4 Å². The molecule has 0 amide bonds. The molecule has 2 aromatic rings. The largest absolute Gasteiger partial charge is 0.504 e. The number of allylic oxidation sites excluding steroid dienone is 1. The third-order valence-electron chi connectivity index (χ3n) is 3.03. The molecule has 0 aliphatic heterocycles. The molecule has 0 unspecified atom stereocenters. The van der Waals surface area contributed by atoms with Crippen LogP contribution in [0.25, 0.3) is 11.3 Å². The Bertz CT molecular complexity index is 791. The van der Waals surface area contributed by atoms with Crippen LogP contribution in [0.3, 0.4) is 0 Å². The zero-order valence-electron chi connectivity index (χ0n) is 12.6. The Hall–Kier alpha value is -2.89. The highest BCUT2D eigenvalue weighted by molar-refractivity contribution is 5.98. The molecule has 0 saturated carbocycles. The molecule has 1 aromatic heterocycles. The van der Waals surface area contributed by atoms with E-state index in [4.69, 9.17) is 4.74 Å². The molecular formula is C16H17N3O3. The van der Waals surface area contributed by atoms with Crippen molar-refractivity contribution < 1.29 is 9.84 Å². The van der Waals surface area contributed by atoms with E-state index in [0.29, 0.717) is 28.4 Å². The summed E-state index contributed by atoms with van der Waals surface area (Å²) in [4.78, 5) is 22.6. The van der Waals surface area contributed by atoms with Crippen LogP contribution in [-0.2, 0) is 0 Å². The fourth-order valence-electron chi connectivity index (χ4n) is 1.89. The molecule has 0 aliphatic rings. The molecule has 22 heavy (non-hydrogen) atoms. The number of benzene rings is 1. The Labute approximate surface area is 127 Å². The smallest absolute Gasteiger partial charge is 0.345 e. The number of nitrogens with one attached hydrogen (secondary N) is 1. The normalized spacial score (nSPS) is 11.9. The van der Waals surface area contributed by atoms with Crippen molar-refractivity contribution in [2.75, 3.05) is 7.11 Å². The molecule has 1 aromatic carbocycles. The summed E-state index contributed by atoms with van der Waals surface area (Å²) in [6.45, 7) is 3.66. The van der Waals surface area contributed by atoms with Crippen LogP contribution in [0.15, 0.2) is 46.3 Å². The number of phenolic OH excluding ortho intramolecular Hbond substituents is 1. The minimum absolute atomic E-state index is 0.0298. The van der Waals surface area contributed by atoms with Crippen LogP contribution in [0.5, 0.6) is 11.5 Å². The molecule has 0 saturated heterocycles. The molecule has 0 radical (unpaired) electrons. The monoisotopic (exact) mass is 299 g/mol. The molecule has 0 bridgehead atoms. The predicted octanol–water partition coefficient (Wildman–Crippen LogP) is 2.49. The molecule has 1 heterocycles. The van der Waals surface area contributed by atoms with E-state index in [0.717, 1.165) is 0 Å². The molecule has 0 spiro atoms. The van der Waals surface area contributed by atoms with Gasteiger partial charge in [-0.3, -0.25) is 4.99 Å². The molecule has 2 N–H and O–H groups in total. The molecule has 0 fully saturated rings. The minimum atomic E-state index is -0.463. The second kappa shape index (κ2) is 6.71. The summed E-state index contributed by atoms with van der Waals surface area (Å²) in [6.07, 6.45) is 3.45. The van der Waals surface area contributed by atoms with E-state index < -0.39 is 5.69 Å². The first-order valence-corrected chi connectivity index (χ1v) is 6.70. The van der Waals surface area contributed by atoms with E-state index >= 15 is 0 Å². The number of aliphatic imine (C=N–C) groups is 1. The van der Waals surface area contributed by atoms with Gasteiger partial charge >= 0.3 is 5.69 Å². The predicted molar refractivity (Wildman–Crippen MR) is 85.5 cm³/mol. The highest BCUT2D eigenvalue weighted by atomic mass is 16.5. The lowest BCUT2D eigenvalue weighted by atomic mass is 10.1. The van der Waals surface area contributed by atoms with E-state index in [9.17, 15) is 9.90 Å².